The Morgan fingerprint density at radius 2 is 1.96 bits per heavy atom. The van der Waals surface area contributed by atoms with E-state index in [-0.39, 0.29) is 12.4 Å². The first kappa shape index (κ1) is 23.3. The van der Waals surface area contributed by atoms with Crippen molar-refractivity contribution < 1.29 is 13.3 Å². The standard InChI is InChI=1S/C17H30N2O3Si.ClH/c1-4-13-21-23(20-3,14-5-2)22-17(19,11-12-18)15-16-9-7-6-8-10-16;/h4,6-10H,1,5,11-15,18-19H2,2-3H3;1H. The molecule has 0 aromatic heterocycles. The van der Waals surface area contributed by atoms with E-state index in [1.807, 2.05) is 30.3 Å². The Balaban J connectivity index is 0.00000529. The van der Waals surface area contributed by atoms with Crippen LogP contribution in [-0.2, 0) is 19.7 Å². The van der Waals surface area contributed by atoms with Crippen LogP contribution in [0.2, 0.25) is 6.04 Å². The van der Waals surface area contributed by atoms with Crippen LogP contribution < -0.4 is 11.5 Å². The number of hydrogen-bond acceptors (Lipinski definition) is 5. The Bertz CT molecular complexity index is 466. The molecule has 5 nitrogen and oxygen atoms in total. The van der Waals surface area contributed by atoms with Crippen LogP contribution in [0.25, 0.3) is 0 Å². The number of rotatable bonds is 12. The lowest BCUT2D eigenvalue weighted by atomic mass is 10.0. The molecule has 1 rings (SSSR count). The van der Waals surface area contributed by atoms with Gasteiger partial charge in [-0.2, -0.15) is 0 Å². The highest BCUT2D eigenvalue weighted by Crippen LogP contribution is 2.26. The molecule has 1 aromatic rings. The van der Waals surface area contributed by atoms with Crippen molar-refractivity contribution in [2.45, 2.75) is 38.0 Å². The van der Waals surface area contributed by atoms with Crippen molar-refractivity contribution in [3.8, 4) is 0 Å². The smallest absolute Gasteiger partial charge is 0.377 e. The summed E-state index contributed by atoms with van der Waals surface area (Å²) in [5.74, 6) is 0. The minimum Gasteiger partial charge on any atom is -0.377 e. The van der Waals surface area contributed by atoms with E-state index in [2.05, 4.69) is 13.5 Å². The molecular weight excluding hydrogens is 344 g/mol. The molecule has 0 aliphatic rings. The van der Waals surface area contributed by atoms with Gasteiger partial charge in [-0.05, 0) is 12.1 Å². The van der Waals surface area contributed by atoms with Gasteiger partial charge in [-0.15, -0.1) is 19.0 Å². The van der Waals surface area contributed by atoms with E-state index in [9.17, 15) is 0 Å². The van der Waals surface area contributed by atoms with E-state index in [4.69, 9.17) is 24.7 Å². The summed E-state index contributed by atoms with van der Waals surface area (Å²) in [4.78, 5) is 0. The maximum atomic E-state index is 6.55. The van der Waals surface area contributed by atoms with Crippen molar-refractivity contribution in [1.82, 2.24) is 0 Å². The lowest BCUT2D eigenvalue weighted by Crippen LogP contribution is -2.58. The van der Waals surface area contributed by atoms with Crippen LogP contribution in [0.15, 0.2) is 43.0 Å². The van der Waals surface area contributed by atoms with Gasteiger partial charge >= 0.3 is 8.80 Å². The van der Waals surface area contributed by atoms with Gasteiger partial charge in [0.2, 0.25) is 0 Å². The minimum absolute atomic E-state index is 0. The Hall–Kier alpha value is -0.733. The lowest BCUT2D eigenvalue weighted by Gasteiger charge is -2.38. The molecule has 0 saturated heterocycles. The first-order valence-electron chi connectivity index (χ1n) is 8.06. The van der Waals surface area contributed by atoms with Crippen molar-refractivity contribution in [2.24, 2.45) is 11.5 Å². The molecule has 0 bridgehead atoms. The molecule has 0 heterocycles. The fourth-order valence-corrected chi connectivity index (χ4v) is 5.01. The Kier molecular flexibility index (Phi) is 11.4. The largest absolute Gasteiger partial charge is 0.502 e. The third kappa shape index (κ3) is 7.44. The topological polar surface area (TPSA) is 79.7 Å². The third-order valence-electron chi connectivity index (χ3n) is 3.56. The molecule has 0 radical (unpaired) electrons. The van der Waals surface area contributed by atoms with E-state index in [1.165, 1.54) is 0 Å². The van der Waals surface area contributed by atoms with Gasteiger partial charge in [-0.3, -0.25) is 0 Å². The molecule has 0 fully saturated rings. The third-order valence-corrected chi connectivity index (χ3v) is 6.62. The van der Waals surface area contributed by atoms with Crippen LogP contribution in [0.1, 0.15) is 25.3 Å². The zero-order valence-electron chi connectivity index (χ0n) is 14.7. The van der Waals surface area contributed by atoms with Gasteiger partial charge in [-0.1, -0.05) is 49.8 Å². The summed E-state index contributed by atoms with van der Waals surface area (Å²) in [6.07, 6.45) is 3.67. The van der Waals surface area contributed by atoms with Gasteiger partial charge < -0.3 is 24.7 Å². The molecular formula is C17H31ClN2O3Si. The molecule has 0 amide bonds. The summed E-state index contributed by atoms with van der Waals surface area (Å²) in [5.41, 5.74) is 12.5. The predicted octanol–water partition coefficient (Wildman–Crippen LogP) is 2.87. The maximum Gasteiger partial charge on any atom is 0.502 e. The monoisotopic (exact) mass is 374 g/mol. The highest BCUT2D eigenvalue weighted by Gasteiger charge is 2.45. The summed E-state index contributed by atoms with van der Waals surface area (Å²) in [7, 11) is -1.25. The van der Waals surface area contributed by atoms with Crippen LogP contribution in [0.4, 0.5) is 0 Å². The molecule has 0 aliphatic carbocycles. The van der Waals surface area contributed by atoms with Crippen molar-refractivity contribution in [3.05, 3.63) is 48.6 Å². The number of hydrogen-bond donors (Lipinski definition) is 2. The number of nitrogens with two attached hydrogens (primary N) is 2. The second kappa shape index (κ2) is 11.8. The van der Waals surface area contributed by atoms with E-state index >= 15 is 0 Å². The summed E-state index contributed by atoms with van der Waals surface area (Å²) in [5, 5.41) is 0. The predicted molar refractivity (Wildman–Crippen MR) is 103 cm³/mol. The van der Waals surface area contributed by atoms with E-state index in [0.29, 0.717) is 32.0 Å². The molecule has 0 aliphatic heterocycles. The second-order valence-corrected chi connectivity index (χ2v) is 8.37. The maximum absolute atomic E-state index is 6.55. The molecule has 138 valence electrons. The molecule has 1 aromatic carbocycles. The average molecular weight is 375 g/mol. The molecule has 7 heteroatoms. The highest BCUT2D eigenvalue weighted by molar-refractivity contribution is 6.60. The molecule has 0 saturated carbocycles. The van der Waals surface area contributed by atoms with Gasteiger partial charge in [-0.25, -0.2) is 0 Å². The normalized spacial score (nSPS) is 15.8. The van der Waals surface area contributed by atoms with E-state index in [1.54, 1.807) is 13.2 Å². The molecule has 2 unspecified atom stereocenters. The molecule has 0 spiro atoms. The van der Waals surface area contributed by atoms with Gasteiger partial charge in [0, 0.05) is 26.0 Å². The second-order valence-electron chi connectivity index (χ2n) is 5.60. The highest BCUT2D eigenvalue weighted by atomic mass is 35.5. The van der Waals surface area contributed by atoms with Crippen LogP contribution in [0, 0.1) is 0 Å². The summed E-state index contributed by atoms with van der Waals surface area (Å²) < 4.78 is 17.9. The summed E-state index contributed by atoms with van der Waals surface area (Å²) in [6, 6.07) is 10.7. The fraction of sp³-hybridized carbons (Fsp3) is 0.529. The fourth-order valence-electron chi connectivity index (χ4n) is 2.52. The van der Waals surface area contributed by atoms with Crippen molar-refractivity contribution >= 4 is 21.2 Å². The first-order chi connectivity index (χ1) is 11.0. The molecule has 2 atom stereocenters. The first-order valence-corrected chi connectivity index (χ1v) is 9.99. The number of halogens is 1. The van der Waals surface area contributed by atoms with Crippen molar-refractivity contribution in [2.75, 3.05) is 20.3 Å². The van der Waals surface area contributed by atoms with Gasteiger partial charge in [0.05, 0.1) is 6.61 Å². The lowest BCUT2D eigenvalue weighted by molar-refractivity contribution is -0.0223. The Labute approximate surface area is 153 Å². The van der Waals surface area contributed by atoms with Gasteiger partial charge in [0.1, 0.15) is 5.72 Å². The number of benzene rings is 1. The Morgan fingerprint density at radius 3 is 2.46 bits per heavy atom. The molecule has 24 heavy (non-hydrogen) atoms. The SMILES string of the molecule is C=CCO[Si](CCC)(OC)OC(N)(CCN)Cc1ccccc1.Cl. The zero-order chi connectivity index (χ0) is 17.2. The van der Waals surface area contributed by atoms with Crippen molar-refractivity contribution in [1.29, 1.82) is 0 Å². The van der Waals surface area contributed by atoms with Crippen LogP contribution >= 0.6 is 12.4 Å². The quantitative estimate of drug-likeness (QED) is 0.334. The minimum atomic E-state index is -2.87. The van der Waals surface area contributed by atoms with E-state index < -0.39 is 14.5 Å². The summed E-state index contributed by atoms with van der Waals surface area (Å²) >= 11 is 0. The van der Waals surface area contributed by atoms with Crippen LogP contribution in [0.5, 0.6) is 0 Å². The van der Waals surface area contributed by atoms with E-state index in [0.717, 1.165) is 12.0 Å². The van der Waals surface area contributed by atoms with Crippen LogP contribution in [0.3, 0.4) is 0 Å². The van der Waals surface area contributed by atoms with Gasteiger partial charge in [0.25, 0.3) is 0 Å². The van der Waals surface area contributed by atoms with Crippen molar-refractivity contribution in [3.63, 3.8) is 0 Å². The van der Waals surface area contributed by atoms with Gasteiger partial charge in [0.15, 0.2) is 0 Å². The Morgan fingerprint density at radius 1 is 1.29 bits per heavy atom. The van der Waals surface area contributed by atoms with Crippen LogP contribution in [-0.4, -0.2) is 34.8 Å². The molecule has 4 N–H and O–H groups in total. The zero-order valence-corrected chi connectivity index (χ0v) is 16.5. The summed E-state index contributed by atoms with van der Waals surface area (Å²) in [6.45, 7) is 6.58. The average Bonchev–Trinajstić information content (AvgIpc) is 2.54.